The average Bonchev–Trinajstić information content (AvgIpc) is 2.77. The van der Waals surface area contributed by atoms with E-state index in [0.29, 0.717) is 0 Å². The Bertz CT molecular complexity index is 744. The molecule has 0 amide bonds. The Labute approximate surface area is 124 Å². The number of fused-ring (bicyclic) bond motifs is 1. The van der Waals surface area contributed by atoms with Crippen molar-refractivity contribution in [3.63, 3.8) is 0 Å². The van der Waals surface area contributed by atoms with Crippen LogP contribution >= 0.6 is 27.3 Å². The maximum Gasteiger partial charge on any atom is 0.0907 e. The van der Waals surface area contributed by atoms with Crippen LogP contribution in [-0.2, 0) is 0 Å². The second kappa shape index (κ2) is 5.23. The normalized spacial score (nSPS) is 11.5. The van der Waals surface area contributed by atoms with Gasteiger partial charge in [0.05, 0.1) is 20.9 Å². The number of rotatable bonds is 2. The van der Waals surface area contributed by atoms with E-state index in [0.717, 1.165) is 26.2 Å². The summed E-state index contributed by atoms with van der Waals surface area (Å²) in [6, 6.07) is 14.2. The maximum absolute atomic E-state index is 4.50. The Balaban J connectivity index is 1.89. The van der Waals surface area contributed by atoms with Gasteiger partial charge in [-0.2, -0.15) is 0 Å². The lowest BCUT2D eigenvalue weighted by atomic mass is 10.2. The summed E-state index contributed by atoms with van der Waals surface area (Å²) in [5.74, 6) is 0. The summed E-state index contributed by atoms with van der Waals surface area (Å²) in [7, 11) is 0. The number of nitrogens with zero attached hydrogens (tertiary/aromatic N) is 2. The minimum absolute atomic E-state index is 0.957. The van der Waals surface area contributed by atoms with Crippen molar-refractivity contribution in [2.45, 2.75) is 6.92 Å². The van der Waals surface area contributed by atoms with E-state index in [1.54, 1.807) is 11.3 Å². The van der Waals surface area contributed by atoms with Gasteiger partial charge in [-0.25, -0.2) is 4.98 Å². The number of halogens is 1. The third-order valence-corrected chi connectivity index (χ3v) is 4.17. The van der Waals surface area contributed by atoms with Gasteiger partial charge in [-0.15, -0.1) is 11.3 Å². The van der Waals surface area contributed by atoms with Gasteiger partial charge in [0.2, 0.25) is 0 Å². The highest BCUT2D eigenvalue weighted by Gasteiger charge is 2.00. The first-order valence-corrected chi connectivity index (χ1v) is 7.48. The number of hydrogen-bond acceptors (Lipinski definition) is 3. The second-order valence-electron chi connectivity index (χ2n) is 4.19. The minimum atomic E-state index is 0.957. The van der Waals surface area contributed by atoms with Gasteiger partial charge in [-0.1, -0.05) is 28.1 Å². The fourth-order valence-corrected chi connectivity index (χ4v) is 2.93. The number of aryl methyl sites for hydroxylation is 1. The molecule has 1 heterocycles. The highest BCUT2D eigenvalue weighted by atomic mass is 79.9. The van der Waals surface area contributed by atoms with Crippen molar-refractivity contribution in [1.82, 2.24) is 4.98 Å². The molecule has 0 N–H and O–H groups in total. The quantitative estimate of drug-likeness (QED) is 0.599. The lowest BCUT2D eigenvalue weighted by molar-refractivity contribution is 1.35. The summed E-state index contributed by atoms with van der Waals surface area (Å²) < 4.78 is 2.26. The molecule has 0 saturated heterocycles. The van der Waals surface area contributed by atoms with Gasteiger partial charge in [0.1, 0.15) is 0 Å². The molecule has 3 rings (SSSR count). The SMILES string of the molecule is Cc1nc2ccc(N=Cc3ccc(Br)cc3)cc2s1. The van der Waals surface area contributed by atoms with E-state index < -0.39 is 0 Å². The summed E-state index contributed by atoms with van der Waals surface area (Å²) in [5.41, 5.74) is 3.09. The number of benzene rings is 2. The zero-order valence-corrected chi connectivity index (χ0v) is 12.7. The van der Waals surface area contributed by atoms with Gasteiger partial charge in [0, 0.05) is 10.7 Å². The van der Waals surface area contributed by atoms with Crippen LogP contribution in [0, 0.1) is 6.92 Å². The van der Waals surface area contributed by atoms with Crippen LogP contribution in [0.15, 0.2) is 51.9 Å². The number of thiazole rings is 1. The van der Waals surface area contributed by atoms with E-state index in [9.17, 15) is 0 Å². The Morgan fingerprint density at radius 2 is 1.95 bits per heavy atom. The average molecular weight is 331 g/mol. The summed E-state index contributed by atoms with van der Waals surface area (Å²) in [4.78, 5) is 8.95. The molecule has 0 radical (unpaired) electrons. The number of hydrogen-bond donors (Lipinski definition) is 0. The zero-order chi connectivity index (χ0) is 13.2. The monoisotopic (exact) mass is 330 g/mol. The summed E-state index contributed by atoms with van der Waals surface area (Å²) in [6.07, 6.45) is 1.88. The van der Waals surface area contributed by atoms with Gasteiger partial charge in [-0.05, 0) is 42.8 Å². The minimum Gasteiger partial charge on any atom is -0.256 e. The van der Waals surface area contributed by atoms with Crippen molar-refractivity contribution >= 4 is 49.4 Å². The molecule has 2 nitrogen and oxygen atoms in total. The summed E-state index contributed by atoms with van der Waals surface area (Å²) in [6.45, 7) is 2.02. The lowest BCUT2D eigenvalue weighted by Crippen LogP contribution is -1.79. The van der Waals surface area contributed by atoms with Gasteiger partial charge in [0.25, 0.3) is 0 Å². The Kier molecular flexibility index (Phi) is 3.44. The molecule has 3 aromatic rings. The highest BCUT2D eigenvalue weighted by molar-refractivity contribution is 9.10. The molecule has 4 heteroatoms. The Morgan fingerprint density at radius 3 is 2.74 bits per heavy atom. The van der Waals surface area contributed by atoms with Gasteiger partial charge in [0.15, 0.2) is 0 Å². The van der Waals surface area contributed by atoms with Crippen LogP contribution in [0.5, 0.6) is 0 Å². The maximum atomic E-state index is 4.50. The topological polar surface area (TPSA) is 25.2 Å². The fourth-order valence-electron chi connectivity index (χ4n) is 1.81. The molecule has 2 aromatic carbocycles. The molecule has 0 aliphatic heterocycles. The number of aliphatic imine (C=N–C) groups is 1. The van der Waals surface area contributed by atoms with Crippen molar-refractivity contribution in [3.05, 3.63) is 57.5 Å². The Morgan fingerprint density at radius 1 is 1.16 bits per heavy atom. The summed E-state index contributed by atoms with van der Waals surface area (Å²) >= 11 is 5.12. The molecule has 0 spiro atoms. The van der Waals surface area contributed by atoms with E-state index in [4.69, 9.17) is 0 Å². The van der Waals surface area contributed by atoms with Crippen LogP contribution < -0.4 is 0 Å². The van der Waals surface area contributed by atoms with Crippen molar-refractivity contribution in [2.75, 3.05) is 0 Å². The van der Waals surface area contributed by atoms with Crippen molar-refractivity contribution in [1.29, 1.82) is 0 Å². The van der Waals surface area contributed by atoms with Crippen LogP contribution in [-0.4, -0.2) is 11.2 Å². The largest absolute Gasteiger partial charge is 0.256 e. The van der Waals surface area contributed by atoms with Crippen LogP contribution in [0.1, 0.15) is 10.6 Å². The van der Waals surface area contributed by atoms with Gasteiger partial charge >= 0.3 is 0 Å². The molecule has 0 aliphatic rings. The molecule has 0 bridgehead atoms. The molecule has 0 unspecified atom stereocenters. The van der Waals surface area contributed by atoms with Crippen molar-refractivity contribution < 1.29 is 0 Å². The van der Waals surface area contributed by atoms with Gasteiger partial charge < -0.3 is 0 Å². The van der Waals surface area contributed by atoms with Crippen LogP contribution in [0.3, 0.4) is 0 Å². The molecule has 0 atom stereocenters. The van der Waals surface area contributed by atoms with Crippen LogP contribution in [0.25, 0.3) is 10.2 Å². The zero-order valence-electron chi connectivity index (χ0n) is 10.3. The standard InChI is InChI=1S/C15H11BrN2S/c1-10-18-14-7-6-13(8-15(14)19-10)17-9-11-2-4-12(16)5-3-11/h2-9H,1H3. The third-order valence-electron chi connectivity index (χ3n) is 2.71. The van der Waals surface area contributed by atoms with Crippen molar-refractivity contribution in [3.8, 4) is 0 Å². The van der Waals surface area contributed by atoms with Crippen LogP contribution in [0.4, 0.5) is 5.69 Å². The summed E-state index contributed by atoms with van der Waals surface area (Å²) in [5, 5.41) is 1.09. The van der Waals surface area contributed by atoms with E-state index in [-0.39, 0.29) is 0 Å². The first-order chi connectivity index (χ1) is 9.20. The predicted octanol–water partition coefficient (Wildman–Crippen LogP) is 5.12. The number of aromatic nitrogens is 1. The van der Waals surface area contributed by atoms with E-state index in [1.807, 2.05) is 49.5 Å². The van der Waals surface area contributed by atoms with Gasteiger partial charge in [-0.3, -0.25) is 4.99 Å². The van der Waals surface area contributed by atoms with Crippen molar-refractivity contribution in [2.24, 2.45) is 4.99 Å². The first kappa shape index (κ1) is 12.5. The van der Waals surface area contributed by atoms with E-state index >= 15 is 0 Å². The molecular formula is C15H11BrN2S. The highest BCUT2D eigenvalue weighted by Crippen LogP contribution is 2.26. The molecule has 1 aromatic heterocycles. The first-order valence-electron chi connectivity index (χ1n) is 5.87. The second-order valence-corrected chi connectivity index (χ2v) is 6.35. The molecule has 94 valence electrons. The smallest absolute Gasteiger partial charge is 0.0907 e. The predicted molar refractivity (Wildman–Crippen MR) is 85.8 cm³/mol. The Hall–Kier alpha value is -1.52. The molecule has 0 saturated carbocycles. The molecule has 0 aliphatic carbocycles. The molecule has 0 fully saturated rings. The molecule has 19 heavy (non-hydrogen) atoms. The molecular weight excluding hydrogens is 320 g/mol. The van der Waals surface area contributed by atoms with E-state index in [1.165, 1.54) is 4.70 Å². The lowest BCUT2D eigenvalue weighted by Gasteiger charge is -1.95. The fraction of sp³-hybridized carbons (Fsp3) is 0.0667. The van der Waals surface area contributed by atoms with Crippen LogP contribution in [0.2, 0.25) is 0 Å². The third kappa shape index (κ3) is 2.91. The van der Waals surface area contributed by atoms with E-state index in [2.05, 4.69) is 32.0 Å².